The average molecular weight is 443 g/mol. The highest BCUT2D eigenvalue weighted by atomic mass is 19.1. The van der Waals surface area contributed by atoms with Crippen LogP contribution >= 0.6 is 0 Å². The van der Waals surface area contributed by atoms with Gasteiger partial charge in [0.2, 0.25) is 11.3 Å². The second-order valence-corrected chi connectivity index (χ2v) is 8.01. The predicted octanol–water partition coefficient (Wildman–Crippen LogP) is 1.10. The second-order valence-electron chi connectivity index (χ2n) is 8.01. The van der Waals surface area contributed by atoms with Gasteiger partial charge in [0.1, 0.15) is 17.6 Å². The molecule has 1 aromatic carbocycles. The fourth-order valence-corrected chi connectivity index (χ4v) is 3.91. The summed E-state index contributed by atoms with van der Waals surface area (Å²) in [6.45, 7) is 4.34. The number of hydrogen-bond donors (Lipinski definition) is 3. The Kier molecular flexibility index (Phi) is 5.43. The van der Waals surface area contributed by atoms with Gasteiger partial charge in [-0.15, -0.1) is 0 Å². The number of nitrogens with one attached hydrogen (secondary N) is 1. The number of carbonyl (C=O) groups excluding carboxylic acids is 1. The molecule has 3 atom stereocenters. The van der Waals surface area contributed by atoms with E-state index < -0.39 is 28.8 Å². The molecule has 0 bridgehead atoms. The topological polar surface area (TPSA) is 144 Å². The molecule has 1 amide bonds. The maximum absolute atomic E-state index is 15.1. The lowest BCUT2D eigenvalue weighted by Crippen LogP contribution is -2.46. The first kappa shape index (κ1) is 21.5. The molecule has 1 aliphatic heterocycles. The third-order valence-electron chi connectivity index (χ3n) is 5.67. The Morgan fingerprint density at radius 2 is 2.12 bits per heavy atom. The number of carbonyl (C=O) groups is 2. The number of pyridine rings is 1. The van der Waals surface area contributed by atoms with E-state index in [9.17, 15) is 19.5 Å². The van der Waals surface area contributed by atoms with Crippen LogP contribution in [0.3, 0.4) is 0 Å². The molecule has 3 aromatic rings. The number of fused-ring (bicyclic) bond motifs is 1. The first-order chi connectivity index (χ1) is 15.2. The summed E-state index contributed by atoms with van der Waals surface area (Å²) in [6.07, 6.45) is 2.45. The van der Waals surface area contributed by atoms with Gasteiger partial charge in [-0.2, -0.15) is 0 Å². The van der Waals surface area contributed by atoms with Crippen LogP contribution in [0.2, 0.25) is 0 Å². The third-order valence-corrected chi connectivity index (χ3v) is 5.67. The van der Waals surface area contributed by atoms with E-state index in [0.29, 0.717) is 13.1 Å². The molecule has 11 heteroatoms. The minimum Gasteiger partial charge on any atom is -0.477 e. The number of nitrogens with zero attached hydrogens (tertiary/aromatic N) is 3. The van der Waals surface area contributed by atoms with Gasteiger partial charge in [-0.3, -0.25) is 14.2 Å². The number of nitrogens with two attached hydrogens (primary N) is 1. The van der Waals surface area contributed by atoms with Crippen molar-refractivity contribution in [3.8, 4) is 5.82 Å². The number of aromatic nitrogens is 2. The van der Waals surface area contributed by atoms with Crippen LogP contribution < -0.4 is 21.4 Å². The molecule has 0 saturated carbocycles. The number of anilines is 1. The number of rotatable bonds is 5. The van der Waals surface area contributed by atoms with Crippen LogP contribution in [0.15, 0.2) is 40.0 Å². The zero-order valence-electron chi connectivity index (χ0n) is 17.4. The quantitative estimate of drug-likeness (QED) is 0.532. The molecular formula is C21H22FN5O5. The lowest BCUT2D eigenvalue weighted by atomic mass is 10.1. The lowest BCUT2D eigenvalue weighted by Gasteiger charge is -2.21. The Morgan fingerprint density at radius 3 is 2.75 bits per heavy atom. The number of carboxylic acid groups (broad SMARTS) is 1. The summed E-state index contributed by atoms with van der Waals surface area (Å²) in [6, 6.07) is 3.13. The molecule has 4 rings (SSSR count). The zero-order chi connectivity index (χ0) is 23.2. The van der Waals surface area contributed by atoms with Gasteiger partial charge in [0.05, 0.1) is 28.7 Å². The highest BCUT2D eigenvalue weighted by Gasteiger charge is 2.33. The summed E-state index contributed by atoms with van der Waals surface area (Å²) < 4.78 is 21.4. The van der Waals surface area contributed by atoms with Crippen LogP contribution in [-0.2, 0) is 4.79 Å². The highest BCUT2D eigenvalue weighted by Crippen LogP contribution is 2.30. The fraction of sp³-hybridized carbons (Fsp3) is 0.333. The van der Waals surface area contributed by atoms with Crippen molar-refractivity contribution in [3.63, 3.8) is 0 Å². The molecule has 0 aliphatic carbocycles. The van der Waals surface area contributed by atoms with Crippen molar-refractivity contribution in [1.82, 2.24) is 15.0 Å². The first-order valence-electron chi connectivity index (χ1n) is 10.0. The summed E-state index contributed by atoms with van der Waals surface area (Å²) in [5.41, 5.74) is 4.82. The smallest absolute Gasteiger partial charge is 0.341 e. The van der Waals surface area contributed by atoms with E-state index in [1.807, 2.05) is 6.92 Å². The van der Waals surface area contributed by atoms with Crippen LogP contribution in [0.5, 0.6) is 0 Å². The van der Waals surface area contributed by atoms with Gasteiger partial charge < -0.3 is 25.6 Å². The van der Waals surface area contributed by atoms with Crippen LogP contribution in [0.1, 0.15) is 24.2 Å². The first-order valence-corrected chi connectivity index (χ1v) is 10.0. The molecule has 3 heterocycles. The SMILES string of the molecule is CC(N)C(=O)N[C@@H]1CN(c2cc3c(cc2F)c(=O)c(C(=O)O)cn3-c2ccon2)C[C@@H]1C. The van der Waals surface area contributed by atoms with E-state index in [-0.39, 0.29) is 40.3 Å². The number of carboxylic acids is 1. The van der Waals surface area contributed by atoms with Crippen molar-refractivity contribution in [2.45, 2.75) is 25.9 Å². The molecule has 168 valence electrons. The van der Waals surface area contributed by atoms with E-state index in [1.54, 1.807) is 11.8 Å². The monoisotopic (exact) mass is 443 g/mol. The van der Waals surface area contributed by atoms with Gasteiger partial charge >= 0.3 is 5.97 Å². The van der Waals surface area contributed by atoms with Crippen molar-refractivity contribution in [2.24, 2.45) is 11.7 Å². The molecule has 32 heavy (non-hydrogen) atoms. The van der Waals surface area contributed by atoms with Crippen molar-refractivity contribution in [1.29, 1.82) is 0 Å². The summed E-state index contributed by atoms with van der Waals surface area (Å²) >= 11 is 0. The summed E-state index contributed by atoms with van der Waals surface area (Å²) in [5, 5.41) is 16.0. The third kappa shape index (κ3) is 3.71. The standard InChI is InChI=1S/C21H22FN5O5/c1-10-7-26(9-15(10)24-20(29)11(2)23)17-6-16-12(5-14(17)22)19(28)13(21(30)31)8-27(16)18-3-4-32-25-18/h3-6,8,10-11,15H,7,9,23H2,1-2H3,(H,24,29)(H,30,31)/t10-,11?,15+/m0/s1. The Bertz CT molecular complexity index is 1250. The summed E-state index contributed by atoms with van der Waals surface area (Å²) in [4.78, 5) is 38.0. The Labute approximate surface area is 181 Å². The molecule has 0 spiro atoms. The number of hydrogen-bond acceptors (Lipinski definition) is 7. The highest BCUT2D eigenvalue weighted by molar-refractivity contribution is 5.94. The van der Waals surface area contributed by atoms with Crippen LogP contribution in [0.25, 0.3) is 16.7 Å². The Morgan fingerprint density at radius 1 is 1.38 bits per heavy atom. The van der Waals surface area contributed by atoms with Crippen molar-refractivity contribution in [2.75, 3.05) is 18.0 Å². The Hall–Kier alpha value is -3.73. The van der Waals surface area contributed by atoms with E-state index in [1.165, 1.54) is 23.0 Å². The van der Waals surface area contributed by atoms with Gasteiger partial charge in [-0.25, -0.2) is 9.18 Å². The maximum atomic E-state index is 15.1. The van der Waals surface area contributed by atoms with E-state index in [2.05, 4.69) is 10.5 Å². The number of aromatic carboxylic acids is 1. The van der Waals surface area contributed by atoms with Crippen LogP contribution in [0.4, 0.5) is 10.1 Å². The number of benzene rings is 1. The Balaban J connectivity index is 1.81. The van der Waals surface area contributed by atoms with E-state index >= 15 is 4.39 Å². The van der Waals surface area contributed by atoms with Gasteiger partial charge in [0.25, 0.3) is 0 Å². The largest absolute Gasteiger partial charge is 0.477 e. The molecule has 0 radical (unpaired) electrons. The molecular weight excluding hydrogens is 421 g/mol. The minimum absolute atomic E-state index is 0.0277. The molecule has 1 saturated heterocycles. The molecule has 10 nitrogen and oxygen atoms in total. The minimum atomic E-state index is -1.43. The average Bonchev–Trinajstić information content (AvgIpc) is 3.38. The molecule has 1 unspecified atom stereocenters. The molecule has 2 aromatic heterocycles. The molecule has 4 N–H and O–H groups in total. The number of amides is 1. The van der Waals surface area contributed by atoms with Gasteiger partial charge in [-0.1, -0.05) is 12.1 Å². The van der Waals surface area contributed by atoms with Crippen LogP contribution in [0, 0.1) is 11.7 Å². The van der Waals surface area contributed by atoms with Crippen molar-refractivity contribution >= 4 is 28.5 Å². The van der Waals surface area contributed by atoms with Gasteiger partial charge in [0.15, 0.2) is 5.82 Å². The fourth-order valence-electron chi connectivity index (χ4n) is 3.91. The predicted molar refractivity (Wildman–Crippen MR) is 113 cm³/mol. The maximum Gasteiger partial charge on any atom is 0.341 e. The van der Waals surface area contributed by atoms with Crippen LogP contribution in [-0.4, -0.2) is 51.9 Å². The molecule has 1 fully saturated rings. The number of halogens is 1. The van der Waals surface area contributed by atoms with Gasteiger partial charge in [0, 0.05) is 25.4 Å². The zero-order valence-corrected chi connectivity index (χ0v) is 17.4. The lowest BCUT2D eigenvalue weighted by molar-refractivity contribution is -0.122. The molecule has 1 aliphatic rings. The normalized spacial score (nSPS) is 19.3. The van der Waals surface area contributed by atoms with Crippen molar-refractivity contribution < 1.29 is 23.6 Å². The van der Waals surface area contributed by atoms with E-state index in [0.717, 1.165) is 12.3 Å². The summed E-state index contributed by atoms with van der Waals surface area (Å²) in [5.74, 6) is -2.12. The van der Waals surface area contributed by atoms with Gasteiger partial charge in [-0.05, 0) is 25.0 Å². The summed E-state index contributed by atoms with van der Waals surface area (Å²) in [7, 11) is 0. The van der Waals surface area contributed by atoms with Crippen molar-refractivity contribution in [3.05, 3.63) is 52.3 Å². The second kappa shape index (κ2) is 8.08. The van der Waals surface area contributed by atoms with E-state index in [4.69, 9.17) is 10.3 Å².